The van der Waals surface area contributed by atoms with E-state index < -0.39 is 0 Å². The highest BCUT2D eigenvalue weighted by atomic mass is 79.9. The van der Waals surface area contributed by atoms with E-state index in [1.54, 1.807) is 0 Å². The molecule has 0 aliphatic carbocycles. The van der Waals surface area contributed by atoms with Crippen molar-refractivity contribution in [3.05, 3.63) is 58.1 Å². The summed E-state index contributed by atoms with van der Waals surface area (Å²) in [6, 6.07) is 14.5. The molecule has 0 atom stereocenters. The number of benzene rings is 2. The van der Waals surface area contributed by atoms with E-state index >= 15 is 0 Å². The lowest BCUT2D eigenvalue weighted by atomic mass is 10.0. The van der Waals surface area contributed by atoms with Gasteiger partial charge in [-0.1, -0.05) is 32.0 Å². The number of carbonyl (C=O) groups is 1. The van der Waals surface area contributed by atoms with Crippen molar-refractivity contribution in [1.82, 2.24) is 5.32 Å². The first kappa shape index (κ1) is 20.7. The van der Waals surface area contributed by atoms with Gasteiger partial charge in [0.25, 0.3) is 5.91 Å². The molecule has 150 valence electrons. The molecule has 1 saturated heterocycles. The molecular weight excluding hydrogens is 416 g/mol. The molecule has 5 heteroatoms. The fourth-order valence-electron chi connectivity index (χ4n) is 3.36. The van der Waals surface area contributed by atoms with Crippen LogP contribution < -0.4 is 15.0 Å². The van der Waals surface area contributed by atoms with Gasteiger partial charge in [0.05, 0.1) is 4.47 Å². The summed E-state index contributed by atoms with van der Waals surface area (Å²) in [4.78, 5) is 14.6. The van der Waals surface area contributed by atoms with E-state index in [4.69, 9.17) is 4.74 Å². The Balaban J connectivity index is 1.45. The number of ether oxygens (including phenoxy) is 1. The smallest absolute Gasteiger partial charge is 0.258 e. The lowest BCUT2D eigenvalue weighted by Crippen LogP contribution is -2.29. The maximum Gasteiger partial charge on any atom is 0.258 e. The zero-order valence-electron chi connectivity index (χ0n) is 16.7. The number of hydrogen-bond acceptors (Lipinski definition) is 3. The van der Waals surface area contributed by atoms with Crippen molar-refractivity contribution in [3.63, 3.8) is 0 Å². The first-order chi connectivity index (χ1) is 13.5. The Labute approximate surface area is 176 Å². The molecular formula is C23H29BrN2O2. The number of rotatable bonds is 7. The number of nitrogens with zero attached hydrogens (tertiary/aromatic N) is 1. The Morgan fingerprint density at radius 1 is 1.11 bits per heavy atom. The van der Waals surface area contributed by atoms with Crippen LogP contribution in [0.3, 0.4) is 0 Å². The summed E-state index contributed by atoms with van der Waals surface area (Å²) in [6.45, 7) is 7.09. The minimum Gasteiger partial charge on any atom is -0.483 e. The Hall–Kier alpha value is -2.01. The standard InChI is InChI=1S/C23H29BrN2O2/c1-17(2)19-8-11-22(21(24)14-19)28-16-23(27)25-15-18-6-9-20(10-7-18)26-12-4-3-5-13-26/h6-11,14,17H,3-5,12-13,15-16H2,1-2H3,(H,25,27). The third-order valence-corrected chi connectivity index (χ3v) is 5.75. The predicted molar refractivity (Wildman–Crippen MR) is 118 cm³/mol. The Morgan fingerprint density at radius 3 is 2.46 bits per heavy atom. The number of carbonyl (C=O) groups excluding carboxylic acids is 1. The summed E-state index contributed by atoms with van der Waals surface area (Å²) in [6.07, 6.45) is 3.88. The van der Waals surface area contributed by atoms with Crippen LogP contribution >= 0.6 is 15.9 Å². The van der Waals surface area contributed by atoms with Crippen molar-refractivity contribution in [2.45, 2.75) is 45.6 Å². The van der Waals surface area contributed by atoms with Crippen LogP contribution in [0.25, 0.3) is 0 Å². The molecule has 2 aromatic rings. The van der Waals surface area contributed by atoms with Gasteiger partial charge in [-0.25, -0.2) is 0 Å². The average Bonchev–Trinajstić information content (AvgIpc) is 2.72. The predicted octanol–water partition coefficient (Wildman–Crippen LogP) is 5.26. The van der Waals surface area contributed by atoms with Gasteiger partial charge in [0.2, 0.25) is 0 Å². The van der Waals surface area contributed by atoms with Crippen molar-refractivity contribution in [3.8, 4) is 5.75 Å². The van der Waals surface area contributed by atoms with E-state index in [1.807, 2.05) is 18.2 Å². The highest BCUT2D eigenvalue weighted by Gasteiger charge is 2.11. The summed E-state index contributed by atoms with van der Waals surface area (Å²) >= 11 is 3.52. The van der Waals surface area contributed by atoms with Gasteiger partial charge in [-0.3, -0.25) is 4.79 Å². The Morgan fingerprint density at radius 2 is 1.82 bits per heavy atom. The highest BCUT2D eigenvalue weighted by molar-refractivity contribution is 9.10. The lowest BCUT2D eigenvalue weighted by Gasteiger charge is -2.28. The van der Waals surface area contributed by atoms with E-state index in [2.05, 4.69) is 64.3 Å². The molecule has 1 amide bonds. The minimum atomic E-state index is -0.125. The second-order valence-corrected chi connectivity index (χ2v) is 8.48. The van der Waals surface area contributed by atoms with Crippen LogP contribution in [0.4, 0.5) is 5.69 Å². The van der Waals surface area contributed by atoms with Crippen LogP contribution in [0.15, 0.2) is 46.9 Å². The molecule has 3 rings (SSSR count). The normalized spacial score (nSPS) is 14.2. The van der Waals surface area contributed by atoms with Crippen LogP contribution in [0.5, 0.6) is 5.75 Å². The first-order valence-electron chi connectivity index (χ1n) is 10.1. The van der Waals surface area contributed by atoms with Gasteiger partial charge < -0.3 is 15.0 Å². The van der Waals surface area contributed by atoms with Crippen molar-refractivity contribution in [2.24, 2.45) is 0 Å². The monoisotopic (exact) mass is 444 g/mol. The SMILES string of the molecule is CC(C)c1ccc(OCC(=O)NCc2ccc(N3CCCCC3)cc2)c(Br)c1. The van der Waals surface area contributed by atoms with E-state index in [9.17, 15) is 4.79 Å². The molecule has 0 spiro atoms. The van der Waals surface area contributed by atoms with Gasteiger partial charge in [0.1, 0.15) is 5.75 Å². The van der Waals surface area contributed by atoms with Crippen molar-refractivity contribution < 1.29 is 9.53 Å². The molecule has 1 heterocycles. The number of halogens is 1. The molecule has 0 saturated carbocycles. The molecule has 0 radical (unpaired) electrons. The van der Waals surface area contributed by atoms with Crippen molar-refractivity contribution in [2.75, 3.05) is 24.6 Å². The number of hydrogen-bond donors (Lipinski definition) is 1. The molecule has 4 nitrogen and oxygen atoms in total. The number of anilines is 1. The van der Waals surface area contributed by atoms with Gasteiger partial charge in [0, 0.05) is 25.3 Å². The Bertz CT molecular complexity index is 784. The molecule has 0 bridgehead atoms. The van der Waals surface area contributed by atoms with Crippen molar-refractivity contribution in [1.29, 1.82) is 0 Å². The average molecular weight is 445 g/mol. The first-order valence-corrected chi connectivity index (χ1v) is 10.8. The van der Waals surface area contributed by atoms with Crippen LogP contribution in [-0.2, 0) is 11.3 Å². The van der Waals surface area contributed by atoms with E-state index in [1.165, 1.54) is 30.5 Å². The van der Waals surface area contributed by atoms with Gasteiger partial charge in [-0.05, 0) is 76.5 Å². The van der Waals surface area contributed by atoms with Crippen LogP contribution in [0, 0.1) is 0 Å². The quantitative estimate of drug-likeness (QED) is 0.633. The van der Waals surface area contributed by atoms with Crippen LogP contribution in [0.1, 0.15) is 50.2 Å². The summed E-state index contributed by atoms with van der Waals surface area (Å²) in [5.74, 6) is 1.01. The van der Waals surface area contributed by atoms with Gasteiger partial charge in [-0.2, -0.15) is 0 Å². The molecule has 0 unspecified atom stereocenters. The zero-order valence-corrected chi connectivity index (χ0v) is 18.3. The summed E-state index contributed by atoms with van der Waals surface area (Å²) in [5, 5.41) is 2.92. The third-order valence-electron chi connectivity index (χ3n) is 5.13. The zero-order chi connectivity index (χ0) is 19.9. The molecule has 1 aliphatic rings. The molecule has 0 aromatic heterocycles. The van der Waals surface area contributed by atoms with Crippen LogP contribution in [0.2, 0.25) is 0 Å². The second kappa shape index (κ2) is 9.97. The minimum absolute atomic E-state index is 0.00544. The Kier molecular flexibility index (Phi) is 7.37. The summed E-state index contributed by atoms with van der Waals surface area (Å²) < 4.78 is 6.53. The topological polar surface area (TPSA) is 41.6 Å². The van der Waals surface area contributed by atoms with E-state index in [0.29, 0.717) is 18.2 Å². The molecule has 2 aromatic carbocycles. The molecule has 1 N–H and O–H groups in total. The summed E-state index contributed by atoms with van der Waals surface area (Å²) in [5.41, 5.74) is 3.60. The third kappa shape index (κ3) is 5.74. The van der Waals surface area contributed by atoms with Gasteiger partial charge >= 0.3 is 0 Å². The summed E-state index contributed by atoms with van der Waals surface area (Å²) in [7, 11) is 0. The van der Waals surface area contributed by atoms with Crippen molar-refractivity contribution >= 4 is 27.5 Å². The molecule has 1 aliphatic heterocycles. The number of amides is 1. The lowest BCUT2D eigenvalue weighted by molar-refractivity contribution is -0.123. The number of nitrogens with one attached hydrogen (secondary N) is 1. The van der Waals surface area contributed by atoms with E-state index in [-0.39, 0.29) is 12.5 Å². The molecule has 1 fully saturated rings. The van der Waals surface area contributed by atoms with Gasteiger partial charge in [-0.15, -0.1) is 0 Å². The molecule has 28 heavy (non-hydrogen) atoms. The fraction of sp³-hybridized carbons (Fsp3) is 0.435. The maximum atomic E-state index is 12.1. The van der Waals surface area contributed by atoms with E-state index in [0.717, 1.165) is 23.1 Å². The van der Waals surface area contributed by atoms with Gasteiger partial charge in [0.15, 0.2) is 6.61 Å². The fourth-order valence-corrected chi connectivity index (χ4v) is 3.88. The largest absolute Gasteiger partial charge is 0.483 e. The number of piperidine rings is 1. The highest BCUT2D eigenvalue weighted by Crippen LogP contribution is 2.28. The second-order valence-electron chi connectivity index (χ2n) is 7.62. The van der Waals surface area contributed by atoms with Crippen LogP contribution in [-0.4, -0.2) is 25.6 Å². The maximum absolute atomic E-state index is 12.1.